The van der Waals surface area contributed by atoms with Crippen molar-refractivity contribution in [3.8, 4) is 0 Å². The van der Waals surface area contributed by atoms with E-state index in [1.165, 1.54) is 0 Å². The molecule has 0 aromatic carbocycles. The first-order valence-electron chi connectivity index (χ1n) is 7.83. The maximum Gasteiger partial charge on any atom is 0.308 e. The highest BCUT2D eigenvalue weighted by Gasteiger charge is 2.33. The molecule has 0 aromatic rings. The van der Waals surface area contributed by atoms with Gasteiger partial charge in [0, 0.05) is 25.2 Å². The van der Waals surface area contributed by atoms with E-state index in [2.05, 4.69) is 19.2 Å². The Bertz CT molecular complexity index is 359. The molecule has 0 aromatic heterocycles. The number of nitrogens with one attached hydrogen (secondary N) is 1. The van der Waals surface area contributed by atoms with Crippen LogP contribution in [0, 0.1) is 23.2 Å². The molecule has 21 heavy (non-hydrogen) atoms. The normalized spacial score (nSPS) is 18.5. The van der Waals surface area contributed by atoms with Crippen molar-refractivity contribution in [1.29, 1.82) is 0 Å². The zero-order valence-corrected chi connectivity index (χ0v) is 13.6. The molecule has 1 unspecified atom stereocenters. The summed E-state index contributed by atoms with van der Waals surface area (Å²) in [7, 11) is 0. The van der Waals surface area contributed by atoms with Crippen LogP contribution in [0.5, 0.6) is 0 Å². The van der Waals surface area contributed by atoms with Crippen LogP contribution in [-0.4, -0.2) is 36.7 Å². The quantitative estimate of drug-likeness (QED) is 0.756. The van der Waals surface area contributed by atoms with Crippen molar-refractivity contribution in [2.24, 2.45) is 23.2 Å². The molecule has 1 atom stereocenters. The van der Waals surface area contributed by atoms with Crippen LogP contribution in [0.2, 0.25) is 0 Å². The monoisotopic (exact) mass is 299 g/mol. The highest BCUT2D eigenvalue weighted by molar-refractivity contribution is 5.82. The molecule has 1 rings (SSSR count). The van der Waals surface area contributed by atoms with E-state index in [4.69, 9.17) is 4.74 Å². The molecule has 0 spiro atoms. The minimum atomic E-state index is -0.830. The van der Waals surface area contributed by atoms with Crippen LogP contribution >= 0.6 is 0 Å². The lowest BCUT2D eigenvalue weighted by Gasteiger charge is -2.30. The molecule has 0 saturated carbocycles. The molecule has 1 heterocycles. The highest BCUT2D eigenvalue weighted by Crippen LogP contribution is 2.27. The van der Waals surface area contributed by atoms with Crippen molar-refractivity contribution >= 4 is 11.9 Å². The molecule has 1 fully saturated rings. The molecule has 1 aliphatic rings. The summed E-state index contributed by atoms with van der Waals surface area (Å²) in [5.41, 5.74) is -0.465. The molecule has 1 amide bonds. The third kappa shape index (κ3) is 5.65. The van der Waals surface area contributed by atoms with E-state index in [-0.39, 0.29) is 18.4 Å². The molecule has 0 radical (unpaired) electrons. The average Bonchev–Trinajstić information content (AvgIpc) is 2.38. The van der Waals surface area contributed by atoms with Crippen LogP contribution in [0.4, 0.5) is 0 Å². The Hall–Kier alpha value is -1.10. The van der Waals surface area contributed by atoms with Gasteiger partial charge in [-0.2, -0.15) is 0 Å². The van der Waals surface area contributed by atoms with Crippen LogP contribution in [0.25, 0.3) is 0 Å². The largest absolute Gasteiger partial charge is 0.481 e. The van der Waals surface area contributed by atoms with Crippen LogP contribution < -0.4 is 5.32 Å². The molecule has 5 nitrogen and oxygen atoms in total. The van der Waals surface area contributed by atoms with E-state index in [0.717, 1.165) is 19.3 Å². The van der Waals surface area contributed by atoms with Crippen LogP contribution in [-0.2, 0) is 14.3 Å². The lowest BCUT2D eigenvalue weighted by molar-refractivity contribution is -0.145. The van der Waals surface area contributed by atoms with Gasteiger partial charge in [-0.1, -0.05) is 27.7 Å². The smallest absolute Gasteiger partial charge is 0.308 e. The van der Waals surface area contributed by atoms with Crippen molar-refractivity contribution in [3.05, 3.63) is 0 Å². The Labute approximate surface area is 127 Å². The van der Waals surface area contributed by atoms with Crippen molar-refractivity contribution in [1.82, 2.24) is 5.32 Å². The van der Waals surface area contributed by atoms with Crippen LogP contribution in [0.1, 0.15) is 47.0 Å². The first-order valence-corrected chi connectivity index (χ1v) is 7.83. The van der Waals surface area contributed by atoms with Gasteiger partial charge in [-0.25, -0.2) is 0 Å². The predicted octanol–water partition coefficient (Wildman–Crippen LogP) is 2.30. The van der Waals surface area contributed by atoms with Crippen LogP contribution in [0.15, 0.2) is 0 Å². The number of carbonyl (C=O) groups is 2. The van der Waals surface area contributed by atoms with Crippen molar-refractivity contribution in [2.75, 3.05) is 19.8 Å². The van der Waals surface area contributed by atoms with Crippen molar-refractivity contribution < 1.29 is 19.4 Å². The number of aliphatic carboxylic acids is 1. The van der Waals surface area contributed by atoms with Gasteiger partial charge < -0.3 is 15.2 Å². The third-order valence-electron chi connectivity index (χ3n) is 4.17. The first-order chi connectivity index (χ1) is 9.74. The lowest BCUT2D eigenvalue weighted by atomic mass is 9.82. The second-order valence-corrected chi connectivity index (χ2v) is 7.09. The number of carboxylic acid groups (broad SMARTS) is 1. The summed E-state index contributed by atoms with van der Waals surface area (Å²) in [6.45, 7) is 9.41. The lowest BCUT2D eigenvalue weighted by Crippen LogP contribution is -2.44. The number of ether oxygens (including phenoxy) is 1. The summed E-state index contributed by atoms with van der Waals surface area (Å²) >= 11 is 0. The summed E-state index contributed by atoms with van der Waals surface area (Å²) in [5.74, 6) is -0.896. The fourth-order valence-corrected chi connectivity index (χ4v) is 3.13. The molecular weight excluding hydrogens is 270 g/mol. The summed E-state index contributed by atoms with van der Waals surface area (Å²) < 4.78 is 5.27. The second-order valence-electron chi connectivity index (χ2n) is 7.09. The van der Waals surface area contributed by atoms with Crippen molar-refractivity contribution in [3.63, 3.8) is 0 Å². The number of hydrogen-bond acceptors (Lipinski definition) is 3. The van der Waals surface area contributed by atoms with E-state index < -0.39 is 17.3 Å². The van der Waals surface area contributed by atoms with E-state index in [1.54, 1.807) is 0 Å². The summed E-state index contributed by atoms with van der Waals surface area (Å²) in [6.07, 6.45) is 2.29. The number of carbonyl (C=O) groups excluding carboxylic acids is 1. The van der Waals surface area contributed by atoms with Crippen molar-refractivity contribution in [2.45, 2.75) is 47.0 Å². The van der Waals surface area contributed by atoms with E-state index in [1.807, 2.05) is 13.8 Å². The van der Waals surface area contributed by atoms with Gasteiger partial charge >= 0.3 is 5.97 Å². The van der Waals surface area contributed by atoms with Gasteiger partial charge in [0.25, 0.3) is 0 Å². The summed E-state index contributed by atoms with van der Waals surface area (Å²) in [4.78, 5) is 23.7. The molecule has 1 aliphatic heterocycles. The summed E-state index contributed by atoms with van der Waals surface area (Å²) in [5, 5.41) is 12.2. The van der Waals surface area contributed by atoms with E-state index in [0.29, 0.717) is 19.1 Å². The SMILES string of the molecule is CC(C)CC(C)(C)C(=O)NCC(C(=O)O)C1CCOCC1. The molecule has 0 bridgehead atoms. The maximum atomic E-state index is 12.3. The molecule has 0 aliphatic carbocycles. The fourth-order valence-electron chi connectivity index (χ4n) is 3.13. The predicted molar refractivity (Wildman–Crippen MR) is 80.9 cm³/mol. The summed E-state index contributed by atoms with van der Waals surface area (Å²) in [6, 6.07) is 0. The third-order valence-corrected chi connectivity index (χ3v) is 4.17. The molecule has 1 saturated heterocycles. The van der Waals surface area contributed by atoms with Gasteiger partial charge in [-0.3, -0.25) is 9.59 Å². The zero-order valence-electron chi connectivity index (χ0n) is 13.6. The standard InChI is InChI=1S/C16H29NO4/c1-11(2)9-16(3,4)15(20)17-10-13(14(18)19)12-5-7-21-8-6-12/h11-13H,5-10H2,1-4H3,(H,17,20)(H,18,19). The minimum Gasteiger partial charge on any atom is -0.481 e. The Morgan fingerprint density at radius 1 is 1.29 bits per heavy atom. The Balaban J connectivity index is 2.56. The Morgan fingerprint density at radius 3 is 2.33 bits per heavy atom. The molecule has 122 valence electrons. The number of hydrogen-bond donors (Lipinski definition) is 2. The number of carboxylic acids is 1. The highest BCUT2D eigenvalue weighted by atomic mass is 16.5. The van der Waals surface area contributed by atoms with Gasteiger partial charge in [0.2, 0.25) is 5.91 Å². The second kappa shape index (κ2) is 7.78. The zero-order chi connectivity index (χ0) is 16.0. The maximum absolute atomic E-state index is 12.3. The molecule has 5 heteroatoms. The number of rotatable bonds is 7. The molecule has 2 N–H and O–H groups in total. The minimum absolute atomic E-state index is 0.0606. The van der Waals surface area contributed by atoms with Gasteiger partial charge in [0.05, 0.1) is 5.92 Å². The first kappa shape index (κ1) is 18.0. The van der Waals surface area contributed by atoms with Gasteiger partial charge in [0.15, 0.2) is 0 Å². The fraction of sp³-hybridized carbons (Fsp3) is 0.875. The van der Waals surface area contributed by atoms with E-state index in [9.17, 15) is 14.7 Å². The number of amides is 1. The topological polar surface area (TPSA) is 75.6 Å². The average molecular weight is 299 g/mol. The van der Waals surface area contributed by atoms with Gasteiger partial charge in [-0.05, 0) is 31.1 Å². The van der Waals surface area contributed by atoms with E-state index >= 15 is 0 Å². The Morgan fingerprint density at radius 2 is 1.86 bits per heavy atom. The van der Waals surface area contributed by atoms with Gasteiger partial charge in [0.1, 0.15) is 0 Å². The van der Waals surface area contributed by atoms with Gasteiger partial charge in [-0.15, -0.1) is 0 Å². The van der Waals surface area contributed by atoms with Crippen LogP contribution in [0.3, 0.4) is 0 Å². The Kier molecular flexibility index (Phi) is 6.65. The molecular formula is C16H29NO4.